The molecule has 1 aromatic heterocycles. The van der Waals surface area contributed by atoms with Crippen LogP contribution in [0.3, 0.4) is 0 Å². The van der Waals surface area contributed by atoms with Crippen LogP contribution in [-0.2, 0) is 16.1 Å². The molecule has 0 aromatic carbocycles. The number of rotatable bonds is 1. The molecule has 2 heterocycles. The van der Waals surface area contributed by atoms with Crippen molar-refractivity contribution in [1.82, 2.24) is 4.90 Å². The number of nitrogens with zero attached hydrogens (tertiary/aromatic N) is 1. The predicted octanol–water partition coefficient (Wildman–Crippen LogP) is 2.78. The Balaban J connectivity index is 2.14. The van der Waals surface area contributed by atoms with Gasteiger partial charge in [0.25, 0.3) is 0 Å². The molecule has 0 bridgehead atoms. The van der Waals surface area contributed by atoms with E-state index in [1.165, 1.54) is 0 Å². The number of thiophene rings is 1. The van der Waals surface area contributed by atoms with E-state index in [4.69, 9.17) is 4.74 Å². The third kappa shape index (κ3) is 2.72. The number of hydrogen-bond donors (Lipinski definition) is 0. The van der Waals surface area contributed by atoms with Crippen molar-refractivity contribution < 1.29 is 14.3 Å². The Kier molecular flexibility index (Phi) is 3.43. The minimum Gasteiger partial charge on any atom is -0.444 e. The predicted molar refractivity (Wildman–Crippen MR) is 69.8 cm³/mol. The first kappa shape index (κ1) is 13.1. The summed E-state index contributed by atoms with van der Waals surface area (Å²) in [5, 5.41) is 1.96. The van der Waals surface area contributed by atoms with E-state index < -0.39 is 5.60 Å². The normalized spacial score (nSPS) is 19.3. The van der Waals surface area contributed by atoms with Gasteiger partial charge in [0.1, 0.15) is 11.9 Å². The van der Waals surface area contributed by atoms with Crippen LogP contribution < -0.4 is 0 Å². The standard InChI is InChI=1S/C13H17NO3S/c1-13(2,3)17-12(16)14-6-9-4-5-18-11(9)10(7-14)8-15/h4-5,8,10H,6-7H2,1-3H3. The Hall–Kier alpha value is -1.36. The summed E-state index contributed by atoms with van der Waals surface area (Å²) in [5.74, 6) is -0.221. The molecule has 0 saturated heterocycles. The van der Waals surface area contributed by atoms with Gasteiger partial charge in [-0.2, -0.15) is 0 Å². The highest BCUT2D eigenvalue weighted by Gasteiger charge is 2.31. The Morgan fingerprint density at radius 1 is 1.56 bits per heavy atom. The Morgan fingerprint density at radius 3 is 2.89 bits per heavy atom. The van der Waals surface area contributed by atoms with Crippen molar-refractivity contribution in [3.63, 3.8) is 0 Å². The summed E-state index contributed by atoms with van der Waals surface area (Å²) in [5.41, 5.74) is 0.539. The van der Waals surface area contributed by atoms with Gasteiger partial charge in [0.2, 0.25) is 0 Å². The summed E-state index contributed by atoms with van der Waals surface area (Å²) in [6.07, 6.45) is 0.553. The summed E-state index contributed by atoms with van der Waals surface area (Å²) in [6.45, 7) is 6.44. The maximum atomic E-state index is 12.0. The van der Waals surface area contributed by atoms with Crippen molar-refractivity contribution in [2.45, 2.75) is 38.8 Å². The van der Waals surface area contributed by atoms with Gasteiger partial charge in [0, 0.05) is 11.4 Å². The molecule has 0 fully saturated rings. The van der Waals surface area contributed by atoms with Crippen molar-refractivity contribution in [2.24, 2.45) is 0 Å². The lowest BCUT2D eigenvalue weighted by Crippen LogP contribution is -2.41. The molecule has 1 aromatic rings. The fourth-order valence-electron chi connectivity index (χ4n) is 1.96. The van der Waals surface area contributed by atoms with E-state index in [-0.39, 0.29) is 12.0 Å². The molecule has 0 radical (unpaired) electrons. The van der Waals surface area contributed by atoms with E-state index >= 15 is 0 Å². The zero-order chi connectivity index (χ0) is 13.3. The molecule has 0 saturated carbocycles. The van der Waals surface area contributed by atoms with Crippen LogP contribution in [0, 0.1) is 0 Å². The first-order valence-electron chi connectivity index (χ1n) is 5.90. The molecule has 0 aliphatic carbocycles. The summed E-state index contributed by atoms with van der Waals surface area (Å²) in [6, 6.07) is 1.97. The van der Waals surface area contributed by atoms with Gasteiger partial charge in [-0.05, 0) is 37.8 Å². The van der Waals surface area contributed by atoms with E-state index in [0.717, 1.165) is 16.7 Å². The molecular weight excluding hydrogens is 250 g/mol. The lowest BCUT2D eigenvalue weighted by molar-refractivity contribution is -0.109. The topological polar surface area (TPSA) is 46.6 Å². The molecule has 1 unspecified atom stereocenters. The van der Waals surface area contributed by atoms with Gasteiger partial charge in [-0.25, -0.2) is 4.79 Å². The van der Waals surface area contributed by atoms with E-state index in [2.05, 4.69) is 0 Å². The SMILES string of the molecule is CC(C)(C)OC(=O)N1Cc2ccsc2C(C=O)C1. The van der Waals surface area contributed by atoms with Crippen LogP contribution in [0.5, 0.6) is 0 Å². The Bertz CT molecular complexity index is 461. The number of amides is 1. The third-order valence-corrected chi connectivity index (χ3v) is 3.80. The molecule has 1 aliphatic rings. The highest BCUT2D eigenvalue weighted by atomic mass is 32.1. The minimum atomic E-state index is -0.511. The number of ether oxygens (including phenoxy) is 1. The van der Waals surface area contributed by atoms with E-state index in [9.17, 15) is 9.59 Å². The number of carbonyl (C=O) groups is 2. The molecule has 18 heavy (non-hydrogen) atoms. The van der Waals surface area contributed by atoms with Gasteiger partial charge in [-0.3, -0.25) is 0 Å². The smallest absolute Gasteiger partial charge is 0.410 e. The molecular formula is C13H17NO3S. The van der Waals surface area contributed by atoms with Gasteiger partial charge in [-0.15, -0.1) is 11.3 Å². The third-order valence-electron chi connectivity index (χ3n) is 2.71. The van der Waals surface area contributed by atoms with Crippen LogP contribution in [0.1, 0.15) is 37.1 Å². The maximum absolute atomic E-state index is 12.0. The van der Waals surface area contributed by atoms with E-state index in [1.54, 1.807) is 16.2 Å². The second-order valence-corrected chi connectivity index (χ2v) is 6.36. The van der Waals surface area contributed by atoms with Crippen molar-refractivity contribution >= 4 is 23.7 Å². The molecule has 4 nitrogen and oxygen atoms in total. The second-order valence-electron chi connectivity index (χ2n) is 5.41. The zero-order valence-electron chi connectivity index (χ0n) is 10.8. The van der Waals surface area contributed by atoms with Crippen LogP contribution in [-0.4, -0.2) is 29.4 Å². The van der Waals surface area contributed by atoms with Crippen molar-refractivity contribution in [2.75, 3.05) is 6.54 Å². The van der Waals surface area contributed by atoms with Crippen LogP contribution >= 0.6 is 11.3 Å². The average Bonchev–Trinajstić information content (AvgIpc) is 2.73. The van der Waals surface area contributed by atoms with Gasteiger partial charge < -0.3 is 14.4 Å². The molecule has 98 valence electrons. The van der Waals surface area contributed by atoms with Crippen LogP contribution in [0.4, 0.5) is 4.79 Å². The summed E-state index contributed by atoms with van der Waals surface area (Å²) in [7, 11) is 0. The van der Waals surface area contributed by atoms with Crippen LogP contribution in [0.25, 0.3) is 0 Å². The minimum absolute atomic E-state index is 0.221. The summed E-state index contributed by atoms with van der Waals surface area (Å²) >= 11 is 1.57. The van der Waals surface area contributed by atoms with Gasteiger partial charge in [0.15, 0.2) is 0 Å². The molecule has 1 atom stereocenters. The number of fused-ring (bicyclic) bond motifs is 1. The first-order chi connectivity index (χ1) is 8.40. The molecule has 1 aliphatic heterocycles. The van der Waals surface area contributed by atoms with Crippen molar-refractivity contribution in [3.8, 4) is 0 Å². The lowest BCUT2D eigenvalue weighted by Gasteiger charge is -2.32. The molecule has 2 rings (SSSR count). The highest BCUT2D eigenvalue weighted by Crippen LogP contribution is 2.32. The van der Waals surface area contributed by atoms with Gasteiger partial charge >= 0.3 is 6.09 Å². The van der Waals surface area contributed by atoms with Gasteiger partial charge in [0.05, 0.1) is 12.5 Å². The largest absolute Gasteiger partial charge is 0.444 e. The summed E-state index contributed by atoms with van der Waals surface area (Å²) in [4.78, 5) is 25.8. The molecule has 1 amide bonds. The van der Waals surface area contributed by atoms with Crippen molar-refractivity contribution in [3.05, 3.63) is 21.9 Å². The van der Waals surface area contributed by atoms with Gasteiger partial charge in [-0.1, -0.05) is 0 Å². The molecule has 0 N–H and O–H groups in total. The average molecular weight is 267 g/mol. The second kappa shape index (κ2) is 4.72. The number of carbonyl (C=O) groups excluding carboxylic acids is 2. The maximum Gasteiger partial charge on any atom is 0.410 e. The first-order valence-corrected chi connectivity index (χ1v) is 6.78. The fourth-order valence-corrected chi connectivity index (χ4v) is 2.93. The zero-order valence-corrected chi connectivity index (χ0v) is 11.6. The molecule has 0 spiro atoms. The molecule has 5 heteroatoms. The van der Waals surface area contributed by atoms with Crippen LogP contribution in [0.15, 0.2) is 11.4 Å². The van der Waals surface area contributed by atoms with E-state index in [0.29, 0.717) is 13.1 Å². The fraction of sp³-hybridized carbons (Fsp3) is 0.538. The number of hydrogen-bond acceptors (Lipinski definition) is 4. The number of aldehydes is 1. The Morgan fingerprint density at radius 2 is 2.28 bits per heavy atom. The lowest BCUT2D eigenvalue weighted by atomic mass is 10.0. The van der Waals surface area contributed by atoms with E-state index in [1.807, 2.05) is 32.2 Å². The van der Waals surface area contributed by atoms with Crippen molar-refractivity contribution in [1.29, 1.82) is 0 Å². The Labute approximate surface area is 111 Å². The quantitative estimate of drug-likeness (QED) is 0.735. The van der Waals surface area contributed by atoms with Crippen LogP contribution in [0.2, 0.25) is 0 Å². The summed E-state index contributed by atoms with van der Waals surface area (Å²) < 4.78 is 5.34. The highest BCUT2D eigenvalue weighted by molar-refractivity contribution is 7.10. The monoisotopic (exact) mass is 267 g/mol.